The van der Waals surface area contributed by atoms with Crippen molar-refractivity contribution in [1.29, 1.82) is 0 Å². The van der Waals surface area contributed by atoms with E-state index >= 15 is 0 Å². The van der Waals surface area contributed by atoms with Crippen molar-refractivity contribution in [1.82, 2.24) is 0 Å². The van der Waals surface area contributed by atoms with Gasteiger partial charge in [-0.25, -0.2) is 0 Å². The van der Waals surface area contributed by atoms with Gasteiger partial charge >= 0.3 is 0 Å². The summed E-state index contributed by atoms with van der Waals surface area (Å²) in [4.78, 5) is 0. The number of nitrogens with two attached hydrogens (primary N) is 1. The lowest BCUT2D eigenvalue weighted by Crippen LogP contribution is -2.37. The first kappa shape index (κ1) is 12.0. The summed E-state index contributed by atoms with van der Waals surface area (Å²) in [5, 5.41) is 0. The predicted molar refractivity (Wildman–Crippen MR) is 70.8 cm³/mol. The van der Waals surface area contributed by atoms with E-state index in [4.69, 9.17) is 15.2 Å². The van der Waals surface area contributed by atoms with Gasteiger partial charge < -0.3 is 15.2 Å². The summed E-state index contributed by atoms with van der Waals surface area (Å²) in [6, 6.07) is 6.29. The van der Waals surface area contributed by atoms with Crippen molar-refractivity contribution in [2.45, 2.75) is 44.2 Å². The molecule has 0 aliphatic carbocycles. The maximum atomic E-state index is 6.40. The summed E-state index contributed by atoms with van der Waals surface area (Å²) >= 11 is 0. The molecule has 0 amide bonds. The summed E-state index contributed by atoms with van der Waals surface area (Å²) in [5.74, 6) is 1.02. The van der Waals surface area contributed by atoms with Crippen LogP contribution >= 0.6 is 0 Å². The third kappa shape index (κ3) is 2.02. The molecule has 1 aromatic rings. The van der Waals surface area contributed by atoms with Crippen molar-refractivity contribution in [3.05, 3.63) is 29.3 Å². The number of hydrogen-bond donors (Lipinski definition) is 1. The molecule has 1 aromatic carbocycles. The Morgan fingerprint density at radius 1 is 1.28 bits per heavy atom. The molecule has 2 aliphatic heterocycles. The van der Waals surface area contributed by atoms with Gasteiger partial charge in [-0.2, -0.15) is 0 Å². The van der Waals surface area contributed by atoms with Gasteiger partial charge in [-0.1, -0.05) is 12.1 Å². The van der Waals surface area contributed by atoms with E-state index in [0.717, 1.165) is 44.6 Å². The van der Waals surface area contributed by atoms with Gasteiger partial charge in [-0.15, -0.1) is 0 Å². The zero-order chi connectivity index (χ0) is 12.6. The van der Waals surface area contributed by atoms with E-state index in [1.54, 1.807) is 0 Å². The normalized spacial score (nSPS) is 28.6. The SMILES string of the molecule is CC1(C(N)c2ccc3c(c2)CCCO3)CCCO1. The maximum Gasteiger partial charge on any atom is 0.122 e. The lowest BCUT2D eigenvalue weighted by atomic mass is 9.87. The minimum Gasteiger partial charge on any atom is -0.493 e. The van der Waals surface area contributed by atoms with E-state index in [9.17, 15) is 0 Å². The molecule has 2 aliphatic rings. The minimum atomic E-state index is -0.205. The minimum absolute atomic E-state index is 0.0489. The van der Waals surface area contributed by atoms with Crippen LogP contribution in [0.4, 0.5) is 0 Å². The van der Waals surface area contributed by atoms with Gasteiger partial charge in [0.25, 0.3) is 0 Å². The van der Waals surface area contributed by atoms with Crippen LogP contribution in [0.1, 0.15) is 43.4 Å². The zero-order valence-corrected chi connectivity index (χ0v) is 10.9. The quantitative estimate of drug-likeness (QED) is 0.873. The van der Waals surface area contributed by atoms with Crippen molar-refractivity contribution >= 4 is 0 Å². The first-order chi connectivity index (χ1) is 8.69. The molecule has 2 atom stereocenters. The molecular formula is C15H21NO2. The van der Waals surface area contributed by atoms with Crippen LogP contribution in [0.2, 0.25) is 0 Å². The molecule has 18 heavy (non-hydrogen) atoms. The van der Waals surface area contributed by atoms with E-state index in [1.165, 1.54) is 11.1 Å². The molecule has 2 unspecified atom stereocenters. The van der Waals surface area contributed by atoms with Gasteiger partial charge in [0.1, 0.15) is 5.75 Å². The monoisotopic (exact) mass is 247 g/mol. The number of rotatable bonds is 2. The summed E-state index contributed by atoms with van der Waals surface area (Å²) in [7, 11) is 0. The average Bonchev–Trinajstić information content (AvgIpc) is 2.85. The number of ether oxygens (including phenoxy) is 2. The molecule has 0 radical (unpaired) electrons. The second-order valence-corrected chi connectivity index (χ2v) is 5.56. The Morgan fingerprint density at radius 3 is 2.94 bits per heavy atom. The maximum absolute atomic E-state index is 6.40. The van der Waals surface area contributed by atoms with Gasteiger partial charge in [-0.05, 0) is 49.8 Å². The second kappa shape index (κ2) is 4.56. The number of benzene rings is 1. The van der Waals surface area contributed by atoms with E-state index in [2.05, 4.69) is 25.1 Å². The average molecular weight is 247 g/mol. The Hall–Kier alpha value is -1.06. The lowest BCUT2D eigenvalue weighted by Gasteiger charge is -2.31. The largest absolute Gasteiger partial charge is 0.493 e. The Kier molecular flexibility index (Phi) is 3.04. The molecule has 3 nitrogen and oxygen atoms in total. The first-order valence-corrected chi connectivity index (χ1v) is 6.84. The van der Waals surface area contributed by atoms with Gasteiger partial charge in [0.2, 0.25) is 0 Å². The van der Waals surface area contributed by atoms with Crippen molar-refractivity contribution in [3.63, 3.8) is 0 Å². The van der Waals surface area contributed by atoms with Gasteiger partial charge in [-0.3, -0.25) is 0 Å². The van der Waals surface area contributed by atoms with Crippen molar-refractivity contribution < 1.29 is 9.47 Å². The van der Waals surface area contributed by atoms with Crippen LogP contribution in [0.5, 0.6) is 5.75 Å². The van der Waals surface area contributed by atoms with Crippen LogP contribution in [0.15, 0.2) is 18.2 Å². The Morgan fingerprint density at radius 2 is 2.17 bits per heavy atom. The molecule has 1 saturated heterocycles. The lowest BCUT2D eigenvalue weighted by molar-refractivity contribution is -0.00177. The molecule has 0 aromatic heterocycles. The molecule has 3 rings (SSSR count). The van der Waals surface area contributed by atoms with Crippen LogP contribution in [0, 0.1) is 0 Å². The van der Waals surface area contributed by atoms with Crippen LogP contribution in [0.25, 0.3) is 0 Å². The molecule has 1 fully saturated rings. The van der Waals surface area contributed by atoms with E-state index in [1.807, 2.05) is 0 Å². The first-order valence-electron chi connectivity index (χ1n) is 6.84. The van der Waals surface area contributed by atoms with Gasteiger partial charge in [0, 0.05) is 6.61 Å². The number of hydrogen-bond acceptors (Lipinski definition) is 3. The predicted octanol–water partition coefficient (Wildman–Crippen LogP) is 2.58. The Balaban J connectivity index is 1.87. The third-order valence-electron chi connectivity index (χ3n) is 4.20. The molecule has 0 saturated carbocycles. The molecule has 2 N–H and O–H groups in total. The number of aryl methyl sites for hydroxylation is 1. The van der Waals surface area contributed by atoms with Crippen molar-refractivity contribution in [2.75, 3.05) is 13.2 Å². The van der Waals surface area contributed by atoms with Crippen LogP contribution in [-0.2, 0) is 11.2 Å². The van der Waals surface area contributed by atoms with E-state index < -0.39 is 0 Å². The fraction of sp³-hybridized carbons (Fsp3) is 0.600. The molecule has 98 valence electrons. The standard InChI is InChI=1S/C15H21NO2/c1-15(7-3-9-18-15)14(16)12-5-6-13-11(10-12)4-2-8-17-13/h5-6,10,14H,2-4,7-9,16H2,1H3. The zero-order valence-electron chi connectivity index (χ0n) is 10.9. The fourth-order valence-electron chi connectivity index (χ4n) is 2.97. The Bertz CT molecular complexity index is 438. The summed E-state index contributed by atoms with van der Waals surface area (Å²) in [5.41, 5.74) is 8.66. The van der Waals surface area contributed by atoms with Gasteiger partial charge in [0.15, 0.2) is 0 Å². The van der Waals surface area contributed by atoms with Crippen molar-refractivity contribution in [2.24, 2.45) is 5.73 Å². The highest BCUT2D eigenvalue weighted by atomic mass is 16.5. The molecule has 2 heterocycles. The highest BCUT2D eigenvalue weighted by Crippen LogP contribution is 2.37. The molecule has 3 heteroatoms. The van der Waals surface area contributed by atoms with E-state index in [0.29, 0.717) is 0 Å². The second-order valence-electron chi connectivity index (χ2n) is 5.56. The summed E-state index contributed by atoms with van der Waals surface area (Å²) in [6.45, 7) is 3.79. The fourth-order valence-corrected chi connectivity index (χ4v) is 2.97. The van der Waals surface area contributed by atoms with Crippen LogP contribution < -0.4 is 10.5 Å². The molecule has 0 bridgehead atoms. The summed E-state index contributed by atoms with van der Waals surface area (Å²) < 4.78 is 11.5. The topological polar surface area (TPSA) is 44.5 Å². The highest BCUT2D eigenvalue weighted by molar-refractivity contribution is 5.40. The Labute approximate surface area is 108 Å². The molecular weight excluding hydrogens is 226 g/mol. The third-order valence-corrected chi connectivity index (χ3v) is 4.20. The number of fused-ring (bicyclic) bond motifs is 1. The smallest absolute Gasteiger partial charge is 0.122 e. The van der Waals surface area contributed by atoms with E-state index in [-0.39, 0.29) is 11.6 Å². The molecule has 0 spiro atoms. The van der Waals surface area contributed by atoms with Crippen LogP contribution in [0.3, 0.4) is 0 Å². The van der Waals surface area contributed by atoms with Gasteiger partial charge in [0.05, 0.1) is 18.2 Å². The van der Waals surface area contributed by atoms with Crippen LogP contribution in [-0.4, -0.2) is 18.8 Å². The summed E-state index contributed by atoms with van der Waals surface area (Å²) in [6.07, 6.45) is 4.34. The van der Waals surface area contributed by atoms with Crippen molar-refractivity contribution in [3.8, 4) is 5.75 Å². The highest BCUT2D eigenvalue weighted by Gasteiger charge is 2.37.